The van der Waals surface area contributed by atoms with Crippen molar-refractivity contribution in [2.75, 3.05) is 13.1 Å². The van der Waals surface area contributed by atoms with Crippen LogP contribution >= 0.6 is 0 Å². The number of aromatic nitrogens is 2. The molecule has 1 saturated heterocycles. The molecule has 3 aromatic rings. The molecule has 2 aromatic carbocycles. The number of carbonyl (C=O) groups is 1. The average molecular weight is 348 g/mol. The number of likely N-dealkylation sites (tertiary alicyclic amines) is 1. The summed E-state index contributed by atoms with van der Waals surface area (Å²) in [6.07, 6.45) is 1.64. The van der Waals surface area contributed by atoms with E-state index in [1.807, 2.05) is 48.3 Å². The maximum Gasteiger partial charge on any atom is 0.222 e. The Morgan fingerprint density at radius 2 is 1.88 bits per heavy atom. The number of hydrogen-bond donors (Lipinski definition) is 1. The van der Waals surface area contributed by atoms with Crippen LogP contribution in [-0.2, 0) is 18.4 Å². The summed E-state index contributed by atoms with van der Waals surface area (Å²) >= 11 is 0. The molecule has 1 atom stereocenters. The van der Waals surface area contributed by atoms with E-state index in [1.165, 1.54) is 5.56 Å². The summed E-state index contributed by atoms with van der Waals surface area (Å²) in [4.78, 5) is 18.8. The highest BCUT2D eigenvalue weighted by molar-refractivity contribution is 5.78. The van der Waals surface area contributed by atoms with Crippen LogP contribution in [-0.4, -0.2) is 33.4 Å². The number of nitrogens with one attached hydrogen (secondary N) is 1. The van der Waals surface area contributed by atoms with E-state index in [2.05, 4.69) is 28.1 Å². The molecule has 0 radical (unpaired) electrons. The maximum atomic E-state index is 12.1. The lowest BCUT2D eigenvalue weighted by Crippen LogP contribution is -2.36. The van der Waals surface area contributed by atoms with Crippen molar-refractivity contribution in [3.63, 3.8) is 0 Å². The molecule has 5 heteroatoms. The van der Waals surface area contributed by atoms with Crippen molar-refractivity contribution in [3.8, 4) is 0 Å². The summed E-state index contributed by atoms with van der Waals surface area (Å²) in [5.41, 5.74) is 3.35. The SMILES string of the molecule is Cn1c(CNC(CN2CCCC2=O)c2ccccc2)nc2ccccc21. The first-order chi connectivity index (χ1) is 12.7. The summed E-state index contributed by atoms with van der Waals surface area (Å²) in [6, 6.07) is 18.6. The summed E-state index contributed by atoms with van der Waals surface area (Å²) in [7, 11) is 2.05. The van der Waals surface area contributed by atoms with E-state index in [0.717, 1.165) is 29.8 Å². The van der Waals surface area contributed by atoms with Crippen LogP contribution in [0.5, 0.6) is 0 Å². The molecule has 26 heavy (non-hydrogen) atoms. The molecule has 1 unspecified atom stereocenters. The van der Waals surface area contributed by atoms with Gasteiger partial charge >= 0.3 is 0 Å². The maximum absolute atomic E-state index is 12.1. The van der Waals surface area contributed by atoms with Crippen molar-refractivity contribution in [2.24, 2.45) is 7.05 Å². The van der Waals surface area contributed by atoms with Crippen molar-refractivity contribution in [1.29, 1.82) is 0 Å². The Morgan fingerprint density at radius 1 is 1.12 bits per heavy atom. The van der Waals surface area contributed by atoms with Crippen LogP contribution < -0.4 is 5.32 Å². The van der Waals surface area contributed by atoms with E-state index >= 15 is 0 Å². The Bertz CT molecular complexity index is 903. The third-order valence-electron chi connectivity index (χ3n) is 5.16. The van der Waals surface area contributed by atoms with Crippen LogP contribution in [0.15, 0.2) is 54.6 Å². The summed E-state index contributed by atoms with van der Waals surface area (Å²) in [5, 5.41) is 3.62. The highest BCUT2D eigenvalue weighted by Crippen LogP contribution is 2.20. The molecule has 0 bridgehead atoms. The largest absolute Gasteiger partial charge is 0.341 e. The third kappa shape index (κ3) is 3.35. The van der Waals surface area contributed by atoms with E-state index in [-0.39, 0.29) is 11.9 Å². The Morgan fingerprint density at radius 3 is 2.62 bits per heavy atom. The van der Waals surface area contributed by atoms with Gasteiger partial charge in [0.15, 0.2) is 0 Å². The lowest BCUT2D eigenvalue weighted by molar-refractivity contribution is -0.128. The number of hydrogen-bond acceptors (Lipinski definition) is 3. The van der Waals surface area contributed by atoms with Gasteiger partial charge in [-0.1, -0.05) is 42.5 Å². The number of nitrogens with zero attached hydrogens (tertiary/aromatic N) is 3. The summed E-state index contributed by atoms with van der Waals surface area (Å²) in [6.45, 7) is 2.22. The number of para-hydroxylation sites is 2. The highest BCUT2D eigenvalue weighted by Gasteiger charge is 2.24. The van der Waals surface area contributed by atoms with Gasteiger partial charge in [0.25, 0.3) is 0 Å². The summed E-state index contributed by atoms with van der Waals surface area (Å²) in [5.74, 6) is 1.26. The van der Waals surface area contributed by atoms with Crippen molar-refractivity contribution < 1.29 is 4.79 Å². The number of imidazole rings is 1. The molecule has 1 aliphatic rings. The molecule has 1 amide bonds. The minimum atomic E-state index is 0.0954. The predicted molar refractivity (Wildman–Crippen MR) is 103 cm³/mol. The van der Waals surface area contributed by atoms with E-state index in [4.69, 9.17) is 4.98 Å². The van der Waals surface area contributed by atoms with Gasteiger partial charge in [-0.2, -0.15) is 0 Å². The molecule has 4 rings (SSSR count). The van der Waals surface area contributed by atoms with Crippen LogP contribution in [0.2, 0.25) is 0 Å². The Labute approximate surface area is 153 Å². The van der Waals surface area contributed by atoms with Gasteiger partial charge in [-0.3, -0.25) is 4.79 Å². The molecule has 1 aliphatic heterocycles. The molecule has 1 fully saturated rings. The lowest BCUT2D eigenvalue weighted by atomic mass is 10.1. The average Bonchev–Trinajstić information content (AvgIpc) is 3.23. The lowest BCUT2D eigenvalue weighted by Gasteiger charge is -2.25. The zero-order valence-electron chi connectivity index (χ0n) is 15.1. The molecular weight excluding hydrogens is 324 g/mol. The second kappa shape index (κ2) is 7.30. The van der Waals surface area contributed by atoms with Crippen LogP contribution in [0, 0.1) is 0 Å². The highest BCUT2D eigenvalue weighted by atomic mass is 16.2. The van der Waals surface area contributed by atoms with Gasteiger partial charge in [-0.05, 0) is 24.1 Å². The fourth-order valence-corrected chi connectivity index (χ4v) is 3.66. The predicted octanol–water partition coefficient (Wildman–Crippen LogP) is 3.03. The second-order valence-electron chi connectivity index (χ2n) is 6.86. The van der Waals surface area contributed by atoms with Crippen LogP contribution in [0.25, 0.3) is 11.0 Å². The summed E-state index contributed by atoms with van der Waals surface area (Å²) < 4.78 is 2.13. The second-order valence-corrected chi connectivity index (χ2v) is 6.86. The molecule has 0 spiro atoms. The Balaban J connectivity index is 1.54. The van der Waals surface area contributed by atoms with Gasteiger partial charge in [0, 0.05) is 26.6 Å². The fourth-order valence-electron chi connectivity index (χ4n) is 3.66. The zero-order chi connectivity index (χ0) is 17.9. The standard InChI is InChI=1S/C21H24N4O/c1-24-19-11-6-5-10-17(19)23-20(24)14-22-18(16-8-3-2-4-9-16)15-25-13-7-12-21(25)26/h2-6,8-11,18,22H,7,12-15H2,1H3. The number of fused-ring (bicyclic) bond motifs is 1. The normalized spacial score (nSPS) is 15.7. The van der Waals surface area contributed by atoms with Gasteiger partial charge in [0.1, 0.15) is 5.82 Å². The quantitative estimate of drug-likeness (QED) is 0.745. The molecule has 0 aliphatic carbocycles. The number of benzene rings is 2. The van der Waals surface area contributed by atoms with Gasteiger partial charge in [0.2, 0.25) is 5.91 Å². The van der Waals surface area contributed by atoms with E-state index in [9.17, 15) is 4.79 Å². The van der Waals surface area contributed by atoms with Crippen molar-refractivity contribution in [3.05, 3.63) is 66.0 Å². The minimum absolute atomic E-state index is 0.0954. The molecule has 0 saturated carbocycles. The molecule has 5 nitrogen and oxygen atoms in total. The number of carbonyl (C=O) groups excluding carboxylic acids is 1. The van der Waals surface area contributed by atoms with Crippen molar-refractivity contribution in [2.45, 2.75) is 25.4 Å². The smallest absolute Gasteiger partial charge is 0.222 e. The van der Waals surface area contributed by atoms with Gasteiger partial charge in [-0.15, -0.1) is 0 Å². The van der Waals surface area contributed by atoms with E-state index in [0.29, 0.717) is 19.5 Å². The monoisotopic (exact) mass is 348 g/mol. The zero-order valence-corrected chi connectivity index (χ0v) is 15.1. The van der Waals surface area contributed by atoms with Gasteiger partial charge in [0.05, 0.1) is 23.6 Å². The topological polar surface area (TPSA) is 50.2 Å². The third-order valence-corrected chi connectivity index (χ3v) is 5.16. The van der Waals surface area contributed by atoms with Crippen LogP contribution in [0.3, 0.4) is 0 Å². The molecule has 134 valence electrons. The van der Waals surface area contributed by atoms with Gasteiger partial charge in [-0.25, -0.2) is 4.98 Å². The minimum Gasteiger partial charge on any atom is -0.341 e. The van der Waals surface area contributed by atoms with E-state index in [1.54, 1.807) is 0 Å². The molecule has 1 N–H and O–H groups in total. The van der Waals surface area contributed by atoms with E-state index < -0.39 is 0 Å². The first-order valence-electron chi connectivity index (χ1n) is 9.19. The number of rotatable bonds is 6. The fraction of sp³-hybridized carbons (Fsp3) is 0.333. The van der Waals surface area contributed by atoms with Crippen LogP contribution in [0.4, 0.5) is 0 Å². The number of amides is 1. The first kappa shape index (κ1) is 16.8. The van der Waals surface area contributed by atoms with Gasteiger partial charge < -0.3 is 14.8 Å². The van der Waals surface area contributed by atoms with Crippen LogP contribution in [0.1, 0.15) is 30.3 Å². The molecule has 2 heterocycles. The Hall–Kier alpha value is -2.66. The van der Waals surface area contributed by atoms with Crippen molar-refractivity contribution >= 4 is 16.9 Å². The Kier molecular flexibility index (Phi) is 4.71. The first-order valence-corrected chi connectivity index (χ1v) is 9.19. The molecular formula is C21H24N4O. The van der Waals surface area contributed by atoms with Crippen molar-refractivity contribution in [1.82, 2.24) is 19.8 Å². The number of aryl methyl sites for hydroxylation is 1. The molecule has 1 aromatic heterocycles.